The van der Waals surface area contributed by atoms with Crippen LogP contribution in [0.4, 0.5) is 5.69 Å². The summed E-state index contributed by atoms with van der Waals surface area (Å²) in [5, 5.41) is 0. The number of nitrogens with zero attached hydrogens (tertiary/aromatic N) is 2. The van der Waals surface area contributed by atoms with E-state index in [0.717, 1.165) is 36.4 Å². The summed E-state index contributed by atoms with van der Waals surface area (Å²) < 4.78 is 0. The first-order valence-electron chi connectivity index (χ1n) is 6.69. The van der Waals surface area contributed by atoms with Gasteiger partial charge in [-0.05, 0) is 48.9 Å². The van der Waals surface area contributed by atoms with Gasteiger partial charge in [0, 0.05) is 17.6 Å². The molecule has 3 heterocycles. The summed E-state index contributed by atoms with van der Waals surface area (Å²) in [7, 11) is 0. The molecule has 3 nitrogen and oxygen atoms in total. The number of pyridine rings is 1. The van der Waals surface area contributed by atoms with E-state index in [4.69, 9.17) is 0 Å². The quantitative estimate of drug-likeness (QED) is 0.798. The smallest absolute Gasteiger partial charge is 0.268 e. The number of amides is 1. The summed E-state index contributed by atoms with van der Waals surface area (Å²) in [6.07, 6.45) is 8.07. The van der Waals surface area contributed by atoms with Crippen molar-refractivity contribution in [3.8, 4) is 0 Å². The normalized spacial score (nSPS) is 16.5. The van der Waals surface area contributed by atoms with Crippen LogP contribution in [-0.4, -0.2) is 17.4 Å². The van der Waals surface area contributed by atoms with Gasteiger partial charge in [0.1, 0.15) is 0 Å². The molecule has 0 fully saturated rings. The lowest BCUT2D eigenvalue weighted by molar-refractivity contribution is 0.0993. The van der Waals surface area contributed by atoms with Crippen LogP contribution in [0.1, 0.15) is 32.1 Å². The Hall–Kier alpha value is -1.68. The number of fused-ring (bicyclic) bond motifs is 2. The maximum Gasteiger partial charge on any atom is 0.268 e. The molecule has 0 saturated carbocycles. The Kier molecular flexibility index (Phi) is 2.45. The van der Waals surface area contributed by atoms with Crippen molar-refractivity contribution in [2.75, 3.05) is 11.4 Å². The number of hydrogen-bond acceptors (Lipinski definition) is 3. The maximum atomic E-state index is 12.6. The second kappa shape index (κ2) is 4.17. The summed E-state index contributed by atoms with van der Waals surface area (Å²) in [5.41, 5.74) is 3.60. The van der Waals surface area contributed by atoms with Gasteiger partial charge in [0.25, 0.3) is 5.91 Å². The minimum absolute atomic E-state index is 0.145. The molecule has 0 radical (unpaired) electrons. The Morgan fingerprint density at radius 2 is 2.21 bits per heavy atom. The Labute approximate surface area is 115 Å². The van der Waals surface area contributed by atoms with Gasteiger partial charge < -0.3 is 4.90 Å². The number of aromatic nitrogens is 1. The van der Waals surface area contributed by atoms with Crippen LogP contribution in [0.25, 0.3) is 0 Å². The molecule has 1 amide bonds. The van der Waals surface area contributed by atoms with Crippen LogP contribution in [0.15, 0.2) is 24.5 Å². The summed E-state index contributed by atoms with van der Waals surface area (Å²) >= 11 is 1.68. The monoisotopic (exact) mass is 270 g/mol. The molecule has 4 heteroatoms. The average Bonchev–Trinajstić information content (AvgIpc) is 3.11. The van der Waals surface area contributed by atoms with E-state index in [0.29, 0.717) is 0 Å². The third-order valence-electron chi connectivity index (χ3n) is 3.99. The number of thiophene rings is 1. The molecule has 1 aliphatic heterocycles. The molecule has 2 aromatic rings. The van der Waals surface area contributed by atoms with Crippen LogP contribution in [0, 0.1) is 0 Å². The highest BCUT2D eigenvalue weighted by atomic mass is 32.1. The van der Waals surface area contributed by atoms with E-state index in [2.05, 4.69) is 11.1 Å². The second-order valence-electron chi connectivity index (χ2n) is 5.12. The third-order valence-corrected chi connectivity index (χ3v) is 5.21. The lowest BCUT2D eigenvalue weighted by Gasteiger charge is -2.15. The average molecular weight is 270 g/mol. The predicted molar refractivity (Wildman–Crippen MR) is 76.0 cm³/mol. The zero-order valence-corrected chi connectivity index (χ0v) is 11.4. The first kappa shape index (κ1) is 11.2. The predicted octanol–water partition coefficient (Wildman–Crippen LogP) is 2.83. The lowest BCUT2D eigenvalue weighted by atomic mass is 10.2. The highest BCUT2D eigenvalue weighted by molar-refractivity contribution is 7.14. The molecule has 0 spiro atoms. The van der Waals surface area contributed by atoms with Crippen molar-refractivity contribution in [2.45, 2.75) is 25.7 Å². The lowest BCUT2D eigenvalue weighted by Crippen LogP contribution is -2.28. The van der Waals surface area contributed by atoms with Gasteiger partial charge >= 0.3 is 0 Å². The number of aryl methyl sites for hydroxylation is 2. The van der Waals surface area contributed by atoms with E-state index in [-0.39, 0.29) is 5.91 Å². The standard InChI is InChI=1S/C15H14N2OS/c18-15(14-8-11-2-1-3-13(11)19-14)17-7-5-10-4-6-16-9-12(10)17/h4,6,8-9H,1-3,5,7H2. The van der Waals surface area contributed by atoms with Gasteiger partial charge in [-0.25, -0.2) is 0 Å². The number of hydrogen-bond donors (Lipinski definition) is 0. The van der Waals surface area contributed by atoms with E-state index in [9.17, 15) is 4.79 Å². The van der Waals surface area contributed by atoms with E-state index >= 15 is 0 Å². The Bertz CT molecular complexity index is 640. The molecule has 96 valence electrons. The molecule has 19 heavy (non-hydrogen) atoms. The van der Waals surface area contributed by atoms with Gasteiger partial charge in [0.05, 0.1) is 16.8 Å². The molecular formula is C15H14N2OS. The molecule has 1 aliphatic carbocycles. The fourth-order valence-corrected chi connectivity index (χ4v) is 4.20. The maximum absolute atomic E-state index is 12.6. The third kappa shape index (κ3) is 1.70. The summed E-state index contributed by atoms with van der Waals surface area (Å²) in [5.74, 6) is 0.145. The largest absolute Gasteiger partial charge is 0.306 e. The Balaban J connectivity index is 1.68. The highest BCUT2D eigenvalue weighted by Crippen LogP contribution is 2.34. The van der Waals surface area contributed by atoms with Gasteiger partial charge in [-0.3, -0.25) is 9.78 Å². The SMILES string of the molecule is O=C(c1cc2c(s1)CCC2)N1CCc2ccncc21. The molecule has 0 saturated heterocycles. The zero-order chi connectivity index (χ0) is 12.8. The number of carbonyl (C=O) groups is 1. The minimum atomic E-state index is 0.145. The number of anilines is 1. The summed E-state index contributed by atoms with van der Waals surface area (Å²) in [6, 6.07) is 4.11. The highest BCUT2D eigenvalue weighted by Gasteiger charge is 2.28. The molecule has 2 aromatic heterocycles. The molecular weight excluding hydrogens is 256 g/mol. The molecule has 0 unspecified atom stereocenters. The van der Waals surface area contributed by atoms with E-state index in [1.165, 1.54) is 22.4 Å². The zero-order valence-electron chi connectivity index (χ0n) is 10.6. The van der Waals surface area contributed by atoms with Crippen molar-refractivity contribution >= 4 is 22.9 Å². The minimum Gasteiger partial charge on any atom is -0.306 e. The van der Waals surface area contributed by atoms with Crippen LogP contribution in [0.2, 0.25) is 0 Å². The van der Waals surface area contributed by atoms with Crippen LogP contribution >= 0.6 is 11.3 Å². The number of carbonyl (C=O) groups excluding carboxylic acids is 1. The number of rotatable bonds is 1. The van der Waals surface area contributed by atoms with Gasteiger partial charge in [-0.1, -0.05) is 0 Å². The Morgan fingerprint density at radius 3 is 3.11 bits per heavy atom. The van der Waals surface area contributed by atoms with E-state index < -0.39 is 0 Å². The molecule has 0 atom stereocenters. The Morgan fingerprint density at radius 1 is 1.26 bits per heavy atom. The second-order valence-corrected chi connectivity index (χ2v) is 6.26. The summed E-state index contributed by atoms with van der Waals surface area (Å²) in [6.45, 7) is 0.780. The van der Waals surface area contributed by atoms with Gasteiger partial charge in [-0.2, -0.15) is 0 Å². The first-order chi connectivity index (χ1) is 9.33. The van der Waals surface area contributed by atoms with Crippen LogP contribution < -0.4 is 4.90 Å². The fourth-order valence-electron chi connectivity index (χ4n) is 3.00. The van der Waals surface area contributed by atoms with Crippen LogP contribution in [0.3, 0.4) is 0 Å². The van der Waals surface area contributed by atoms with Crippen molar-refractivity contribution in [3.63, 3.8) is 0 Å². The van der Waals surface area contributed by atoms with Crippen molar-refractivity contribution < 1.29 is 4.79 Å². The van der Waals surface area contributed by atoms with Gasteiger partial charge in [0.2, 0.25) is 0 Å². The fraction of sp³-hybridized carbons (Fsp3) is 0.333. The van der Waals surface area contributed by atoms with Crippen molar-refractivity contribution in [1.29, 1.82) is 0 Å². The van der Waals surface area contributed by atoms with Gasteiger partial charge in [0.15, 0.2) is 0 Å². The van der Waals surface area contributed by atoms with Crippen LogP contribution in [-0.2, 0) is 19.3 Å². The van der Waals surface area contributed by atoms with E-state index in [1.54, 1.807) is 17.5 Å². The molecule has 4 rings (SSSR count). The van der Waals surface area contributed by atoms with Gasteiger partial charge in [-0.15, -0.1) is 11.3 Å². The molecule has 0 N–H and O–H groups in total. The molecule has 0 aromatic carbocycles. The first-order valence-corrected chi connectivity index (χ1v) is 7.51. The van der Waals surface area contributed by atoms with Crippen molar-refractivity contribution in [3.05, 3.63) is 45.4 Å². The van der Waals surface area contributed by atoms with E-state index in [1.807, 2.05) is 17.2 Å². The topological polar surface area (TPSA) is 33.2 Å². The van der Waals surface area contributed by atoms with Crippen molar-refractivity contribution in [1.82, 2.24) is 4.98 Å². The molecule has 2 aliphatic rings. The molecule has 0 bridgehead atoms. The van der Waals surface area contributed by atoms with Crippen molar-refractivity contribution in [2.24, 2.45) is 0 Å². The summed E-state index contributed by atoms with van der Waals surface area (Å²) in [4.78, 5) is 20.9. The van der Waals surface area contributed by atoms with Crippen LogP contribution in [0.5, 0.6) is 0 Å².